The summed E-state index contributed by atoms with van der Waals surface area (Å²) in [6.07, 6.45) is 2.70. The summed E-state index contributed by atoms with van der Waals surface area (Å²) >= 11 is 0. The molecule has 0 saturated heterocycles. The number of aryl methyl sites for hydroxylation is 2. The van der Waals surface area contributed by atoms with Crippen LogP contribution in [0.15, 0.2) is 34.9 Å². The number of nitrogens with two attached hydrogens (primary N) is 1. The molecule has 19 heavy (non-hydrogen) atoms. The molecule has 0 amide bonds. The Morgan fingerprint density at radius 1 is 1.21 bits per heavy atom. The molecule has 1 aromatic carbocycles. The molecule has 4 nitrogen and oxygen atoms in total. The van der Waals surface area contributed by atoms with Crippen molar-refractivity contribution in [1.29, 1.82) is 0 Å². The summed E-state index contributed by atoms with van der Waals surface area (Å²) in [6, 6.07) is 10.1. The van der Waals surface area contributed by atoms with Crippen molar-refractivity contribution in [3.8, 4) is 0 Å². The SMILES string of the molecule is CC[C@H](C)[C@H](N)c1nc(CCc2ccccc2)no1. The first kappa shape index (κ1) is 13.7. The zero-order chi connectivity index (χ0) is 13.7. The van der Waals surface area contributed by atoms with Crippen molar-refractivity contribution in [3.05, 3.63) is 47.6 Å². The van der Waals surface area contributed by atoms with Crippen LogP contribution in [0.5, 0.6) is 0 Å². The van der Waals surface area contributed by atoms with Gasteiger partial charge in [-0.25, -0.2) is 0 Å². The Hall–Kier alpha value is -1.68. The average Bonchev–Trinajstić information content (AvgIpc) is 2.93. The smallest absolute Gasteiger partial charge is 0.243 e. The van der Waals surface area contributed by atoms with Crippen LogP contribution >= 0.6 is 0 Å². The molecule has 0 aliphatic carbocycles. The number of benzene rings is 1. The van der Waals surface area contributed by atoms with Crippen molar-refractivity contribution in [3.63, 3.8) is 0 Å². The first-order valence-electron chi connectivity index (χ1n) is 6.82. The van der Waals surface area contributed by atoms with E-state index < -0.39 is 0 Å². The lowest BCUT2D eigenvalue weighted by Gasteiger charge is -2.12. The third-order valence-electron chi connectivity index (χ3n) is 3.51. The Labute approximate surface area is 114 Å². The molecule has 0 radical (unpaired) electrons. The first-order valence-corrected chi connectivity index (χ1v) is 6.82. The van der Waals surface area contributed by atoms with Gasteiger partial charge in [-0.15, -0.1) is 0 Å². The number of nitrogens with zero attached hydrogens (tertiary/aromatic N) is 2. The van der Waals surface area contributed by atoms with Gasteiger partial charge < -0.3 is 10.3 Å². The molecule has 0 spiro atoms. The van der Waals surface area contributed by atoms with Gasteiger partial charge in [-0.2, -0.15) is 4.98 Å². The highest BCUT2D eigenvalue weighted by Crippen LogP contribution is 2.20. The van der Waals surface area contributed by atoms with Crippen molar-refractivity contribution < 1.29 is 4.52 Å². The van der Waals surface area contributed by atoms with Crippen LogP contribution in [0.4, 0.5) is 0 Å². The molecule has 0 saturated carbocycles. The fourth-order valence-corrected chi connectivity index (χ4v) is 1.90. The summed E-state index contributed by atoms with van der Waals surface area (Å²) in [7, 11) is 0. The third kappa shape index (κ3) is 3.64. The summed E-state index contributed by atoms with van der Waals surface area (Å²) in [6.45, 7) is 4.20. The van der Waals surface area contributed by atoms with Crippen LogP contribution in [0.2, 0.25) is 0 Å². The minimum atomic E-state index is -0.164. The van der Waals surface area contributed by atoms with E-state index >= 15 is 0 Å². The van der Waals surface area contributed by atoms with E-state index in [-0.39, 0.29) is 6.04 Å². The lowest BCUT2D eigenvalue weighted by Crippen LogP contribution is -2.18. The molecule has 0 aliphatic heterocycles. The maximum Gasteiger partial charge on any atom is 0.243 e. The molecule has 2 rings (SSSR count). The second-order valence-electron chi connectivity index (χ2n) is 4.95. The van der Waals surface area contributed by atoms with Gasteiger partial charge in [0.2, 0.25) is 5.89 Å². The monoisotopic (exact) mass is 259 g/mol. The molecule has 0 unspecified atom stereocenters. The van der Waals surface area contributed by atoms with Gasteiger partial charge in [-0.1, -0.05) is 55.8 Å². The highest BCUT2D eigenvalue weighted by atomic mass is 16.5. The van der Waals surface area contributed by atoms with Crippen LogP contribution in [0.25, 0.3) is 0 Å². The minimum absolute atomic E-state index is 0.164. The Balaban J connectivity index is 1.94. The Bertz CT molecular complexity index is 495. The van der Waals surface area contributed by atoms with Crippen LogP contribution in [-0.4, -0.2) is 10.1 Å². The van der Waals surface area contributed by atoms with E-state index in [0.29, 0.717) is 11.8 Å². The van der Waals surface area contributed by atoms with Gasteiger partial charge in [-0.3, -0.25) is 0 Å². The maximum atomic E-state index is 6.07. The summed E-state index contributed by atoms with van der Waals surface area (Å²) in [5.74, 6) is 1.64. The molecule has 0 fully saturated rings. The van der Waals surface area contributed by atoms with Crippen molar-refractivity contribution in [1.82, 2.24) is 10.1 Å². The molecule has 2 atom stereocenters. The summed E-state index contributed by atoms with van der Waals surface area (Å²) < 4.78 is 5.25. The lowest BCUT2D eigenvalue weighted by atomic mass is 10.0. The molecule has 102 valence electrons. The molecule has 1 heterocycles. The average molecular weight is 259 g/mol. The van der Waals surface area contributed by atoms with E-state index in [9.17, 15) is 0 Å². The minimum Gasteiger partial charge on any atom is -0.338 e. The van der Waals surface area contributed by atoms with Crippen molar-refractivity contribution >= 4 is 0 Å². The highest BCUT2D eigenvalue weighted by molar-refractivity contribution is 5.15. The third-order valence-corrected chi connectivity index (χ3v) is 3.51. The maximum absolute atomic E-state index is 6.07. The van der Waals surface area contributed by atoms with Crippen LogP contribution in [0, 0.1) is 5.92 Å². The van der Waals surface area contributed by atoms with Gasteiger partial charge in [0.15, 0.2) is 5.82 Å². The predicted octanol–water partition coefficient (Wildman–Crippen LogP) is 2.90. The molecule has 0 bridgehead atoms. The van der Waals surface area contributed by atoms with Gasteiger partial charge in [0.1, 0.15) is 0 Å². The second-order valence-corrected chi connectivity index (χ2v) is 4.95. The molecule has 2 N–H and O–H groups in total. The van der Waals surface area contributed by atoms with E-state index in [4.69, 9.17) is 10.3 Å². The van der Waals surface area contributed by atoms with E-state index in [1.807, 2.05) is 18.2 Å². The van der Waals surface area contributed by atoms with Crippen molar-refractivity contribution in [2.45, 2.75) is 39.2 Å². The summed E-state index contributed by atoms with van der Waals surface area (Å²) in [5.41, 5.74) is 7.35. The van der Waals surface area contributed by atoms with Crippen LogP contribution < -0.4 is 5.73 Å². The second kappa shape index (κ2) is 6.48. The van der Waals surface area contributed by atoms with E-state index in [2.05, 4.69) is 36.1 Å². The number of aromatic nitrogens is 2. The Kier molecular flexibility index (Phi) is 4.68. The zero-order valence-corrected chi connectivity index (χ0v) is 11.5. The van der Waals surface area contributed by atoms with Crippen molar-refractivity contribution in [2.24, 2.45) is 11.7 Å². The summed E-state index contributed by atoms with van der Waals surface area (Å²) in [4.78, 5) is 4.39. The van der Waals surface area contributed by atoms with Gasteiger partial charge in [-0.05, 0) is 17.9 Å². The molecular weight excluding hydrogens is 238 g/mol. The van der Waals surface area contributed by atoms with E-state index in [1.165, 1.54) is 5.56 Å². The molecule has 2 aromatic rings. The van der Waals surface area contributed by atoms with Gasteiger partial charge in [0, 0.05) is 6.42 Å². The Morgan fingerprint density at radius 3 is 2.63 bits per heavy atom. The van der Waals surface area contributed by atoms with Crippen LogP contribution in [0.1, 0.15) is 43.6 Å². The molecular formula is C15H21N3O. The van der Waals surface area contributed by atoms with Gasteiger partial charge in [0.25, 0.3) is 0 Å². The normalized spacial score (nSPS) is 14.3. The lowest BCUT2D eigenvalue weighted by molar-refractivity contribution is 0.310. The molecule has 4 heteroatoms. The largest absolute Gasteiger partial charge is 0.338 e. The zero-order valence-electron chi connectivity index (χ0n) is 11.5. The highest BCUT2D eigenvalue weighted by Gasteiger charge is 2.19. The fraction of sp³-hybridized carbons (Fsp3) is 0.467. The van der Waals surface area contributed by atoms with E-state index in [1.54, 1.807) is 0 Å². The van der Waals surface area contributed by atoms with Crippen LogP contribution in [0.3, 0.4) is 0 Å². The number of hydrogen-bond acceptors (Lipinski definition) is 4. The number of hydrogen-bond donors (Lipinski definition) is 1. The topological polar surface area (TPSA) is 64.9 Å². The van der Waals surface area contributed by atoms with Gasteiger partial charge in [0.05, 0.1) is 6.04 Å². The molecule has 0 aliphatic rings. The van der Waals surface area contributed by atoms with Gasteiger partial charge >= 0.3 is 0 Å². The quantitative estimate of drug-likeness (QED) is 0.866. The number of rotatable bonds is 6. The Morgan fingerprint density at radius 2 is 1.95 bits per heavy atom. The van der Waals surface area contributed by atoms with Crippen molar-refractivity contribution in [2.75, 3.05) is 0 Å². The first-order chi connectivity index (χ1) is 9.20. The fourth-order valence-electron chi connectivity index (χ4n) is 1.90. The predicted molar refractivity (Wildman–Crippen MR) is 74.5 cm³/mol. The van der Waals surface area contributed by atoms with E-state index in [0.717, 1.165) is 25.1 Å². The standard InChI is InChI=1S/C15H21N3O/c1-3-11(2)14(16)15-17-13(18-19-15)10-9-12-7-5-4-6-8-12/h4-8,11,14H,3,9-10,16H2,1-2H3/t11-,14-/m0/s1. The van der Waals surface area contributed by atoms with Crippen LogP contribution in [-0.2, 0) is 12.8 Å². The molecule has 1 aromatic heterocycles. The summed E-state index contributed by atoms with van der Waals surface area (Å²) in [5, 5.41) is 4.00.